The maximum absolute atomic E-state index is 13.0. The number of aliphatic carboxylic acids is 1. The van der Waals surface area contributed by atoms with Gasteiger partial charge in [0.15, 0.2) is 11.2 Å². The molecule has 1 aliphatic heterocycles. The monoisotopic (exact) mass is 410 g/mol. The van der Waals surface area contributed by atoms with Crippen LogP contribution in [0, 0.1) is 6.92 Å². The molecule has 0 bridgehead atoms. The number of carboxylic acid groups (broad SMARTS) is 1. The summed E-state index contributed by atoms with van der Waals surface area (Å²) in [7, 11) is 0. The molecule has 2 aromatic carbocycles. The van der Waals surface area contributed by atoms with Crippen LogP contribution in [0.3, 0.4) is 0 Å². The maximum Gasteiger partial charge on any atom is 0.344 e. The lowest BCUT2D eigenvalue weighted by atomic mass is 10.1. The molecule has 1 heterocycles. The number of thiocarbonyl (C=S) groups is 1. The van der Waals surface area contributed by atoms with Crippen LogP contribution < -0.4 is 15.0 Å². The van der Waals surface area contributed by atoms with Crippen molar-refractivity contribution in [1.82, 2.24) is 5.32 Å². The normalized spacial score (nSPS) is 16.6. The van der Waals surface area contributed by atoms with E-state index in [9.17, 15) is 14.4 Å². The predicted octanol–water partition coefficient (Wildman–Crippen LogP) is 2.68. The number of amides is 2. The Kier molecular flexibility index (Phi) is 5.74. The predicted molar refractivity (Wildman–Crippen MR) is 112 cm³/mol. The number of ether oxygens (including phenoxy) is 1. The van der Waals surface area contributed by atoms with E-state index >= 15 is 0 Å². The number of para-hydroxylation sites is 1. The van der Waals surface area contributed by atoms with Gasteiger partial charge in [0.1, 0.15) is 11.3 Å². The van der Waals surface area contributed by atoms with Crippen LogP contribution in [0.1, 0.15) is 18.1 Å². The number of aryl methyl sites for hydroxylation is 1. The van der Waals surface area contributed by atoms with E-state index in [1.807, 2.05) is 19.1 Å². The Balaban J connectivity index is 1.89. The van der Waals surface area contributed by atoms with Gasteiger partial charge in [-0.25, -0.2) is 4.79 Å². The van der Waals surface area contributed by atoms with Crippen LogP contribution in [0.15, 0.2) is 54.1 Å². The van der Waals surface area contributed by atoms with Crippen molar-refractivity contribution in [3.63, 3.8) is 0 Å². The number of benzene rings is 2. The minimum absolute atomic E-state index is 0.0258. The molecule has 0 saturated carbocycles. The van der Waals surface area contributed by atoms with Gasteiger partial charge in [-0.1, -0.05) is 30.3 Å². The van der Waals surface area contributed by atoms with Gasteiger partial charge < -0.3 is 9.84 Å². The fourth-order valence-corrected chi connectivity index (χ4v) is 3.03. The van der Waals surface area contributed by atoms with Gasteiger partial charge in [0, 0.05) is 0 Å². The Bertz CT molecular complexity index is 1030. The quantitative estimate of drug-likeness (QED) is 0.447. The molecule has 1 fully saturated rings. The summed E-state index contributed by atoms with van der Waals surface area (Å²) in [4.78, 5) is 37.5. The second-order valence-electron chi connectivity index (χ2n) is 6.41. The highest BCUT2D eigenvalue weighted by Gasteiger charge is 2.34. The van der Waals surface area contributed by atoms with Crippen LogP contribution >= 0.6 is 12.2 Å². The van der Waals surface area contributed by atoms with Crippen molar-refractivity contribution in [3.05, 3.63) is 65.2 Å². The largest absolute Gasteiger partial charge is 0.479 e. The zero-order valence-electron chi connectivity index (χ0n) is 15.7. The minimum atomic E-state index is -1.08. The topological polar surface area (TPSA) is 95.9 Å². The molecule has 8 heteroatoms. The third-order valence-corrected chi connectivity index (χ3v) is 4.59. The van der Waals surface area contributed by atoms with Crippen LogP contribution in [0.25, 0.3) is 6.08 Å². The van der Waals surface area contributed by atoms with Crippen molar-refractivity contribution < 1.29 is 24.2 Å². The van der Waals surface area contributed by atoms with E-state index in [1.54, 1.807) is 36.4 Å². The molecule has 1 aliphatic rings. The van der Waals surface area contributed by atoms with Crippen molar-refractivity contribution >= 4 is 46.9 Å². The first-order chi connectivity index (χ1) is 13.8. The van der Waals surface area contributed by atoms with E-state index in [-0.39, 0.29) is 10.7 Å². The first-order valence-electron chi connectivity index (χ1n) is 8.74. The van der Waals surface area contributed by atoms with Crippen LogP contribution in [0.4, 0.5) is 5.69 Å². The third kappa shape index (κ3) is 4.33. The first kappa shape index (κ1) is 20.2. The number of anilines is 1. The molecule has 3 rings (SSSR count). The molecule has 0 radical (unpaired) electrons. The lowest BCUT2D eigenvalue weighted by Gasteiger charge is -2.30. The lowest BCUT2D eigenvalue weighted by Crippen LogP contribution is -2.54. The van der Waals surface area contributed by atoms with Gasteiger partial charge in [0.2, 0.25) is 0 Å². The Hall–Kier alpha value is -3.52. The Labute approximate surface area is 172 Å². The van der Waals surface area contributed by atoms with Gasteiger partial charge in [0.05, 0.1) is 5.69 Å². The number of carboxylic acids is 1. The minimum Gasteiger partial charge on any atom is -0.479 e. The van der Waals surface area contributed by atoms with E-state index in [0.717, 1.165) is 5.56 Å². The van der Waals surface area contributed by atoms with Crippen LogP contribution in [-0.4, -0.2) is 34.1 Å². The van der Waals surface area contributed by atoms with Crippen LogP contribution in [0.5, 0.6) is 5.75 Å². The summed E-state index contributed by atoms with van der Waals surface area (Å²) >= 11 is 5.20. The van der Waals surface area contributed by atoms with Gasteiger partial charge in [-0.2, -0.15) is 0 Å². The van der Waals surface area contributed by atoms with E-state index in [2.05, 4.69) is 5.32 Å². The molecule has 1 unspecified atom stereocenters. The van der Waals surface area contributed by atoms with Gasteiger partial charge in [-0.15, -0.1) is 0 Å². The van der Waals surface area contributed by atoms with Gasteiger partial charge in [-0.3, -0.25) is 19.8 Å². The second-order valence-corrected chi connectivity index (χ2v) is 6.80. The molecule has 1 saturated heterocycles. The third-order valence-electron chi connectivity index (χ3n) is 4.31. The summed E-state index contributed by atoms with van der Waals surface area (Å²) in [5.74, 6) is -1.81. The molecular weight excluding hydrogens is 392 g/mol. The maximum atomic E-state index is 13.0. The molecule has 0 aromatic heterocycles. The Morgan fingerprint density at radius 1 is 1.17 bits per heavy atom. The number of hydrogen-bond acceptors (Lipinski definition) is 5. The van der Waals surface area contributed by atoms with Crippen LogP contribution in [0.2, 0.25) is 0 Å². The molecule has 2 aromatic rings. The molecule has 148 valence electrons. The number of rotatable bonds is 5. The fraction of sp³-hybridized carbons (Fsp3) is 0.143. The summed E-state index contributed by atoms with van der Waals surface area (Å²) in [5, 5.41) is 11.5. The number of carbonyl (C=O) groups excluding carboxylic acids is 2. The average Bonchev–Trinajstić information content (AvgIpc) is 2.67. The number of carbonyl (C=O) groups is 3. The van der Waals surface area contributed by atoms with E-state index in [4.69, 9.17) is 22.1 Å². The van der Waals surface area contributed by atoms with E-state index in [0.29, 0.717) is 17.0 Å². The lowest BCUT2D eigenvalue weighted by molar-refractivity contribution is -0.144. The van der Waals surface area contributed by atoms with Crippen molar-refractivity contribution in [1.29, 1.82) is 0 Å². The highest BCUT2D eigenvalue weighted by molar-refractivity contribution is 7.80. The summed E-state index contributed by atoms with van der Waals surface area (Å²) in [5.41, 5.74) is 1.96. The fourth-order valence-electron chi connectivity index (χ4n) is 2.75. The smallest absolute Gasteiger partial charge is 0.344 e. The number of hydrogen-bond donors (Lipinski definition) is 2. The van der Waals surface area contributed by atoms with E-state index < -0.39 is 23.9 Å². The Morgan fingerprint density at radius 3 is 2.45 bits per heavy atom. The molecule has 7 nitrogen and oxygen atoms in total. The highest BCUT2D eigenvalue weighted by Crippen LogP contribution is 2.25. The molecule has 0 aliphatic carbocycles. The van der Waals surface area contributed by atoms with Crippen molar-refractivity contribution in [2.75, 3.05) is 4.90 Å². The molecule has 29 heavy (non-hydrogen) atoms. The number of nitrogens with one attached hydrogen (secondary N) is 1. The van der Waals surface area contributed by atoms with E-state index in [1.165, 1.54) is 17.9 Å². The van der Waals surface area contributed by atoms with Gasteiger partial charge >= 0.3 is 5.97 Å². The zero-order chi connectivity index (χ0) is 21.1. The SMILES string of the molecule is Cc1ccccc1N1C(=O)C(=Cc2ccc(OC(C)C(=O)O)cc2)C(=O)NC1=S. The molecule has 2 amide bonds. The summed E-state index contributed by atoms with van der Waals surface area (Å²) in [6.07, 6.45) is 0.461. The summed E-state index contributed by atoms with van der Waals surface area (Å²) in [6, 6.07) is 13.6. The van der Waals surface area contributed by atoms with Crippen LogP contribution in [-0.2, 0) is 14.4 Å². The van der Waals surface area contributed by atoms with Gasteiger partial charge in [0.25, 0.3) is 11.8 Å². The summed E-state index contributed by atoms with van der Waals surface area (Å²) in [6.45, 7) is 3.27. The van der Waals surface area contributed by atoms with Crippen molar-refractivity contribution in [2.24, 2.45) is 0 Å². The van der Waals surface area contributed by atoms with Gasteiger partial charge in [-0.05, 0) is 61.5 Å². The number of nitrogens with zero attached hydrogens (tertiary/aromatic N) is 1. The standard InChI is InChI=1S/C21H18N2O5S/c1-12-5-3-4-6-17(12)23-19(25)16(18(24)22-21(23)29)11-14-7-9-15(10-8-14)28-13(2)20(26)27/h3-11,13H,1-2H3,(H,26,27)(H,22,24,29). The Morgan fingerprint density at radius 2 is 1.83 bits per heavy atom. The summed E-state index contributed by atoms with van der Waals surface area (Å²) < 4.78 is 5.27. The highest BCUT2D eigenvalue weighted by atomic mass is 32.1. The van der Waals surface area contributed by atoms with Crippen molar-refractivity contribution in [2.45, 2.75) is 20.0 Å². The zero-order valence-corrected chi connectivity index (χ0v) is 16.5. The van der Waals surface area contributed by atoms with Crippen molar-refractivity contribution in [3.8, 4) is 5.75 Å². The average molecular weight is 410 g/mol. The molecule has 2 N–H and O–H groups in total. The molecular formula is C21H18N2O5S. The molecule has 1 atom stereocenters. The second kappa shape index (κ2) is 8.24. The first-order valence-corrected chi connectivity index (χ1v) is 9.15. The molecule has 0 spiro atoms.